The van der Waals surface area contributed by atoms with Crippen LogP contribution in [-0.4, -0.2) is 18.1 Å². The third-order valence-electron chi connectivity index (χ3n) is 2.75. The van der Waals surface area contributed by atoms with Gasteiger partial charge in [-0.3, -0.25) is 4.79 Å². The molecule has 0 heterocycles. The largest absolute Gasteiger partial charge is 0.480 e. The van der Waals surface area contributed by atoms with Crippen LogP contribution in [0.1, 0.15) is 27.2 Å². The maximum atomic E-state index is 13.0. The molecule has 0 bridgehead atoms. The summed E-state index contributed by atoms with van der Waals surface area (Å²) in [6.07, 6.45) is 0.807. The van der Waals surface area contributed by atoms with Crippen molar-refractivity contribution in [1.82, 2.24) is 5.32 Å². The third kappa shape index (κ3) is 4.70. The smallest absolute Gasteiger partial charge is 0.258 e. The molecular weight excluding hydrogens is 315 g/mol. The average Bonchev–Trinajstić information content (AvgIpc) is 2.26. The van der Waals surface area contributed by atoms with Gasteiger partial charge in [0.2, 0.25) is 0 Å². The van der Waals surface area contributed by atoms with E-state index in [1.807, 2.05) is 20.8 Å². The fourth-order valence-corrected chi connectivity index (χ4v) is 1.93. The molecule has 106 valence electrons. The summed E-state index contributed by atoms with van der Waals surface area (Å²) >= 11 is 3.15. The Morgan fingerprint density at radius 2 is 2.16 bits per heavy atom. The zero-order chi connectivity index (χ0) is 14.6. The van der Waals surface area contributed by atoms with Crippen LogP contribution < -0.4 is 15.8 Å². The lowest BCUT2D eigenvalue weighted by Gasteiger charge is -2.24. The molecule has 0 saturated carbocycles. The number of ether oxygens (including phenoxy) is 1. The summed E-state index contributed by atoms with van der Waals surface area (Å²) < 4.78 is 18.7. The van der Waals surface area contributed by atoms with Gasteiger partial charge in [-0.15, -0.1) is 0 Å². The SMILES string of the molecule is CCC(C)(C)NC(=O)COc1c(N)cc(F)cc1Br. The Morgan fingerprint density at radius 1 is 1.53 bits per heavy atom. The first-order valence-electron chi connectivity index (χ1n) is 5.93. The van der Waals surface area contributed by atoms with E-state index >= 15 is 0 Å². The predicted molar refractivity (Wildman–Crippen MR) is 76.5 cm³/mol. The van der Waals surface area contributed by atoms with Crippen LogP contribution in [0.25, 0.3) is 0 Å². The van der Waals surface area contributed by atoms with Gasteiger partial charge in [0, 0.05) is 11.6 Å². The van der Waals surface area contributed by atoms with Crippen LogP contribution in [0, 0.1) is 5.82 Å². The molecule has 3 N–H and O–H groups in total. The number of carbonyl (C=O) groups excluding carboxylic acids is 1. The Balaban J connectivity index is 2.65. The highest BCUT2D eigenvalue weighted by Crippen LogP contribution is 2.32. The Labute approximate surface area is 120 Å². The lowest BCUT2D eigenvalue weighted by atomic mass is 10.0. The van der Waals surface area contributed by atoms with E-state index < -0.39 is 5.82 Å². The van der Waals surface area contributed by atoms with Crippen molar-refractivity contribution in [2.24, 2.45) is 0 Å². The van der Waals surface area contributed by atoms with Crippen molar-refractivity contribution in [3.05, 3.63) is 22.4 Å². The van der Waals surface area contributed by atoms with E-state index in [4.69, 9.17) is 10.5 Å². The summed E-state index contributed by atoms with van der Waals surface area (Å²) in [7, 11) is 0. The van der Waals surface area contributed by atoms with Crippen LogP contribution in [0.4, 0.5) is 10.1 Å². The minimum absolute atomic E-state index is 0.148. The normalized spacial score (nSPS) is 11.2. The summed E-state index contributed by atoms with van der Waals surface area (Å²) in [5.74, 6) is -0.443. The van der Waals surface area contributed by atoms with E-state index in [-0.39, 0.29) is 29.5 Å². The van der Waals surface area contributed by atoms with Gasteiger partial charge in [-0.25, -0.2) is 4.39 Å². The van der Waals surface area contributed by atoms with Crippen LogP contribution in [0.3, 0.4) is 0 Å². The summed E-state index contributed by atoms with van der Waals surface area (Å²) in [5, 5.41) is 2.83. The van der Waals surface area contributed by atoms with Crippen LogP contribution in [0.2, 0.25) is 0 Å². The molecule has 0 unspecified atom stereocenters. The van der Waals surface area contributed by atoms with Crippen molar-refractivity contribution < 1.29 is 13.9 Å². The molecule has 4 nitrogen and oxygen atoms in total. The number of benzene rings is 1. The second-order valence-electron chi connectivity index (χ2n) is 4.88. The van der Waals surface area contributed by atoms with Crippen LogP contribution >= 0.6 is 15.9 Å². The molecule has 0 aliphatic rings. The van der Waals surface area contributed by atoms with Gasteiger partial charge >= 0.3 is 0 Å². The van der Waals surface area contributed by atoms with E-state index in [9.17, 15) is 9.18 Å². The Kier molecular flexibility index (Phi) is 5.17. The first-order chi connectivity index (χ1) is 8.75. The Hall–Kier alpha value is -1.30. The lowest BCUT2D eigenvalue weighted by molar-refractivity contribution is -0.124. The molecule has 0 saturated heterocycles. The minimum atomic E-state index is -0.465. The molecule has 1 aromatic rings. The number of anilines is 1. The lowest BCUT2D eigenvalue weighted by Crippen LogP contribution is -2.44. The van der Waals surface area contributed by atoms with Crippen LogP contribution in [-0.2, 0) is 4.79 Å². The summed E-state index contributed by atoms with van der Waals surface area (Å²) in [5.41, 5.74) is 5.50. The van der Waals surface area contributed by atoms with Gasteiger partial charge in [0.15, 0.2) is 12.4 Å². The Morgan fingerprint density at radius 3 is 2.68 bits per heavy atom. The molecule has 0 aliphatic heterocycles. The predicted octanol–water partition coefficient (Wildman–Crippen LogP) is 2.85. The van der Waals surface area contributed by atoms with Gasteiger partial charge in [-0.2, -0.15) is 0 Å². The molecule has 0 atom stereocenters. The number of carbonyl (C=O) groups is 1. The van der Waals surface area contributed by atoms with Crippen molar-refractivity contribution in [2.75, 3.05) is 12.3 Å². The monoisotopic (exact) mass is 332 g/mol. The number of hydrogen-bond acceptors (Lipinski definition) is 3. The molecule has 6 heteroatoms. The quantitative estimate of drug-likeness (QED) is 0.815. The number of rotatable bonds is 5. The molecule has 0 fully saturated rings. The average molecular weight is 333 g/mol. The topological polar surface area (TPSA) is 64.3 Å². The number of nitrogens with one attached hydrogen (secondary N) is 1. The molecular formula is C13H18BrFN2O2. The van der Waals surface area contributed by atoms with Gasteiger partial charge < -0.3 is 15.8 Å². The molecule has 19 heavy (non-hydrogen) atoms. The molecule has 1 amide bonds. The second kappa shape index (κ2) is 6.23. The van der Waals surface area contributed by atoms with E-state index in [0.717, 1.165) is 12.5 Å². The number of nitrogen functional groups attached to an aromatic ring is 1. The summed E-state index contributed by atoms with van der Waals surface area (Å²) in [6.45, 7) is 5.66. The third-order valence-corrected chi connectivity index (χ3v) is 3.34. The van der Waals surface area contributed by atoms with Gasteiger partial charge in [-0.1, -0.05) is 6.92 Å². The first-order valence-corrected chi connectivity index (χ1v) is 6.73. The van der Waals surface area contributed by atoms with Gasteiger partial charge in [-0.05, 0) is 42.3 Å². The highest BCUT2D eigenvalue weighted by atomic mass is 79.9. The second-order valence-corrected chi connectivity index (χ2v) is 5.73. The number of nitrogens with two attached hydrogens (primary N) is 1. The van der Waals surface area contributed by atoms with Crippen molar-refractivity contribution >= 4 is 27.5 Å². The highest BCUT2D eigenvalue weighted by molar-refractivity contribution is 9.10. The minimum Gasteiger partial charge on any atom is -0.480 e. The standard InChI is InChI=1S/C13H18BrFN2O2/c1-4-13(2,3)17-11(18)7-19-12-9(14)5-8(15)6-10(12)16/h5-6H,4,7,16H2,1-3H3,(H,17,18). The maximum absolute atomic E-state index is 13.0. The fourth-order valence-electron chi connectivity index (χ4n) is 1.37. The van der Waals surface area contributed by atoms with Crippen LogP contribution in [0.15, 0.2) is 16.6 Å². The van der Waals surface area contributed by atoms with E-state index in [2.05, 4.69) is 21.2 Å². The zero-order valence-electron chi connectivity index (χ0n) is 11.2. The molecule has 0 aromatic heterocycles. The van der Waals surface area contributed by atoms with Crippen molar-refractivity contribution in [3.63, 3.8) is 0 Å². The molecule has 0 radical (unpaired) electrons. The van der Waals surface area contributed by atoms with Crippen LogP contribution in [0.5, 0.6) is 5.75 Å². The van der Waals surface area contributed by atoms with Crippen molar-refractivity contribution in [3.8, 4) is 5.75 Å². The van der Waals surface area contributed by atoms with E-state index in [0.29, 0.717) is 4.47 Å². The van der Waals surface area contributed by atoms with E-state index in [1.54, 1.807) is 0 Å². The Bertz CT molecular complexity index is 455. The van der Waals surface area contributed by atoms with Crippen molar-refractivity contribution in [1.29, 1.82) is 0 Å². The highest BCUT2D eigenvalue weighted by Gasteiger charge is 2.18. The van der Waals surface area contributed by atoms with Gasteiger partial charge in [0.1, 0.15) is 5.82 Å². The summed E-state index contributed by atoms with van der Waals surface area (Å²) in [6, 6.07) is 2.38. The van der Waals surface area contributed by atoms with Gasteiger partial charge in [0.05, 0.1) is 10.2 Å². The molecule has 1 aromatic carbocycles. The van der Waals surface area contributed by atoms with Crippen molar-refractivity contribution in [2.45, 2.75) is 32.7 Å². The number of amides is 1. The molecule has 1 rings (SSSR count). The van der Waals surface area contributed by atoms with Gasteiger partial charge in [0.25, 0.3) is 5.91 Å². The molecule has 0 aliphatic carbocycles. The molecule has 0 spiro atoms. The maximum Gasteiger partial charge on any atom is 0.258 e. The fraction of sp³-hybridized carbons (Fsp3) is 0.462. The number of halogens is 2. The van der Waals surface area contributed by atoms with E-state index in [1.165, 1.54) is 6.07 Å². The summed E-state index contributed by atoms with van der Waals surface area (Å²) in [4.78, 5) is 11.7. The zero-order valence-corrected chi connectivity index (χ0v) is 12.8. The number of hydrogen-bond donors (Lipinski definition) is 2. The first kappa shape index (κ1) is 15.8.